The lowest BCUT2D eigenvalue weighted by Crippen LogP contribution is -2.48. The van der Waals surface area contributed by atoms with Gasteiger partial charge in [0.25, 0.3) is 0 Å². The molecule has 19 heavy (non-hydrogen) atoms. The van der Waals surface area contributed by atoms with Crippen molar-refractivity contribution in [1.29, 1.82) is 0 Å². The standard InChI is InChI=1S/C12H18N4O3/c1-8-14-9(2)16(15-8)6-10(17)13-7-12(11(18)19)4-3-5-12/h3-7H2,1-2H3,(H,13,17)(H,18,19). The van der Waals surface area contributed by atoms with E-state index in [-0.39, 0.29) is 19.0 Å². The van der Waals surface area contributed by atoms with Crippen molar-refractivity contribution in [3.63, 3.8) is 0 Å². The number of aromatic nitrogens is 3. The van der Waals surface area contributed by atoms with E-state index < -0.39 is 11.4 Å². The first-order valence-corrected chi connectivity index (χ1v) is 6.31. The van der Waals surface area contributed by atoms with Crippen molar-refractivity contribution in [3.05, 3.63) is 11.6 Å². The number of carbonyl (C=O) groups excluding carboxylic acids is 1. The minimum Gasteiger partial charge on any atom is -0.481 e. The fraction of sp³-hybridized carbons (Fsp3) is 0.667. The highest BCUT2D eigenvalue weighted by Gasteiger charge is 2.44. The molecule has 2 N–H and O–H groups in total. The Bertz CT molecular complexity index is 505. The van der Waals surface area contributed by atoms with E-state index in [1.165, 1.54) is 4.68 Å². The maximum Gasteiger partial charge on any atom is 0.311 e. The van der Waals surface area contributed by atoms with Gasteiger partial charge in [-0.25, -0.2) is 9.67 Å². The highest BCUT2D eigenvalue weighted by atomic mass is 16.4. The van der Waals surface area contributed by atoms with Crippen LogP contribution in [0.3, 0.4) is 0 Å². The van der Waals surface area contributed by atoms with E-state index >= 15 is 0 Å². The van der Waals surface area contributed by atoms with Gasteiger partial charge < -0.3 is 10.4 Å². The molecule has 0 unspecified atom stereocenters. The lowest BCUT2D eigenvalue weighted by Gasteiger charge is -2.37. The fourth-order valence-electron chi connectivity index (χ4n) is 2.24. The van der Waals surface area contributed by atoms with Gasteiger partial charge >= 0.3 is 5.97 Å². The highest BCUT2D eigenvalue weighted by Crippen LogP contribution is 2.40. The molecular weight excluding hydrogens is 248 g/mol. The van der Waals surface area contributed by atoms with Crippen LogP contribution in [-0.4, -0.2) is 38.3 Å². The number of nitrogens with one attached hydrogen (secondary N) is 1. The van der Waals surface area contributed by atoms with Crippen LogP contribution in [0.4, 0.5) is 0 Å². The van der Waals surface area contributed by atoms with Crippen LogP contribution in [0.5, 0.6) is 0 Å². The van der Waals surface area contributed by atoms with Gasteiger partial charge in [0.15, 0.2) is 0 Å². The highest BCUT2D eigenvalue weighted by molar-refractivity contribution is 5.79. The van der Waals surface area contributed by atoms with Crippen molar-refractivity contribution in [2.75, 3.05) is 6.54 Å². The Hall–Kier alpha value is -1.92. The molecule has 104 valence electrons. The number of aryl methyl sites for hydroxylation is 2. The number of aliphatic carboxylic acids is 1. The SMILES string of the molecule is Cc1nc(C)n(CC(=O)NCC2(C(=O)O)CCC2)n1. The molecule has 1 fully saturated rings. The van der Waals surface area contributed by atoms with Crippen molar-refractivity contribution in [2.45, 2.75) is 39.7 Å². The van der Waals surface area contributed by atoms with E-state index in [1.807, 2.05) is 0 Å². The van der Waals surface area contributed by atoms with Gasteiger partial charge in [-0.1, -0.05) is 6.42 Å². The minimum absolute atomic E-state index is 0.0718. The molecule has 0 aliphatic heterocycles. The third-order valence-corrected chi connectivity index (χ3v) is 3.64. The molecule has 0 atom stereocenters. The molecule has 0 aromatic carbocycles. The average molecular weight is 266 g/mol. The van der Waals surface area contributed by atoms with E-state index in [2.05, 4.69) is 15.4 Å². The summed E-state index contributed by atoms with van der Waals surface area (Å²) >= 11 is 0. The van der Waals surface area contributed by atoms with Crippen molar-refractivity contribution in [2.24, 2.45) is 5.41 Å². The van der Waals surface area contributed by atoms with Crippen molar-refractivity contribution < 1.29 is 14.7 Å². The van der Waals surface area contributed by atoms with Gasteiger partial charge in [-0.2, -0.15) is 5.10 Å². The molecule has 1 saturated carbocycles. The molecule has 7 heteroatoms. The Balaban J connectivity index is 1.88. The van der Waals surface area contributed by atoms with Crippen molar-refractivity contribution in [1.82, 2.24) is 20.1 Å². The van der Waals surface area contributed by atoms with Crippen LogP contribution in [0.25, 0.3) is 0 Å². The van der Waals surface area contributed by atoms with Gasteiger partial charge in [-0.05, 0) is 26.7 Å². The van der Waals surface area contributed by atoms with E-state index in [0.717, 1.165) is 6.42 Å². The van der Waals surface area contributed by atoms with Crippen LogP contribution in [0.2, 0.25) is 0 Å². The Labute approximate surface area is 111 Å². The molecular formula is C12H18N4O3. The maximum atomic E-state index is 11.8. The average Bonchev–Trinajstić information content (AvgIpc) is 2.55. The molecule has 0 radical (unpaired) electrons. The summed E-state index contributed by atoms with van der Waals surface area (Å²) in [5.74, 6) is 0.225. The first-order chi connectivity index (χ1) is 8.93. The summed E-state index contributed by atoms with van der Waals surface area (Å²) in [4.78, 5) is 27.0. The maximum absolute atomic E-state index is 11.8. The van der Waals surface area contributed by atoms with Crippen molar-refractivity contribution >= 4 is 11.9 Å². The molecule has 0 bridgehead atoms. The molecule has 1 aliphatic rings. The van der Waals surface area contributed by atoms with Crippen LogP contribution >= 0.6 is 0 Å². The number of carboxylic acid groups (broad SMARTS) is 1. The molecule has 1 aliphatic carbocycles. The summed E-state index contributed by atoms with van der Waals surface area (Å²) in [7, 11) is 0. The molecule has 0 saturated heterocycles. The van der Waals surface area contributed by atoms with E-state index in [4.69, 9.17) is 5.11 Å². The van der Waals surface area contributed by atoms with Crippen molar-refractivity contribution in [3.8, 4) is 0 Å². The van der Waals surface area contributed by atoms with Crippen LogP contribution in [-0.2, 0) is 16.1 Å². The molecule has 1 heterocycles. The third kappa shape index (κ3) is 2.74. The second kappa shape index (κ2) is 4.99. The van der Waals surface area contributed by atoms with E-state index in [1.54, 1.807) is 13.8 Å². The third-order valence-electron chi connectivity index (χ3n) is 3.64. The van der Waals surface area contributed by atoms with E-state index in [9.17, 15) is 9.59 Å². The number of nitrogens with zero attached hydrogens (tertiary/aromatic N) is 3. The summed E-state index contributed by atoms with van der Waals surface area (Å²) in [6, 6.07) is 0. The Morgan fingerprint density at radius 1 is 1.42 bits per heavy atom. The summed E-state index contributed by atoms with van der Waals surface area (Å²) < 4.78 is 1.51. The fourth-order valence-corrected chi connectivity index (χ4v) is 2.24. The van der Waals surface area contributed by atoms with Gasteiger partial charge in [0.05, 0.1) is 5.41 Å². The molecule has 2 rings (SSSR count). The normalized spacial score (nSPS) is 16.7. The Morgan fingerprint density at radius 3 is 2.53 bits per heavy atom. The molecule has 1 amide bonds. The number of hydrogen-bond donors (Lipinski definition) is 2. The predicted octanol–water partition coefficient (Wildman–Crippen LogP) is 0.266. The molecule has 7 nitrogen and oxygen atoms in total. The second-order valence-electron chi connectivity index (χ2n) is 5.08. The smallest absolute Gasteiger partial charge is 0.311 e. The quantitative estimate of drug-likeness (QED) is 0.797. The van der Waals surface area contributed by atoms with E-state index in [0.29, 0.717) is 24.5 Å². The largest absolute Gasteiger partial charge is 0.481 e. The first-order valence-electron chi connectivity index (χ1n) is 6.31. The number of carboxylic acids is 1. The second-order valence-corrected chi connectivity index (χ2v) is 5.08. The summed E-state index contributed by atoms with van der Waals surface area (Å²) in [6.45, 7) is 3.80. The summed E-state index contributed by atoms with van der Waals surface area (Å²) in [5.41, 5.74) is -0.761. The first kappa shape index (κ1) is 13.5. The molecule has 0 spiro atoms. The van der Waals surface area contributed by atoms with Crippen LogP contribution in [0.1, 0.15) is 30.9 Å². The zero-order valence-corrected chi connectivity index (χ0v) is 11.1. The van der Waals surface area contributed by atoms with Gasteiger partial charge in [0.2, 0.25) is 5.91 Å². The lowest BCUT2D eigenvalue weighted by molar-refractivity contribution is -0.154. The summed E-state index contributed by atoms with van der Waals surface area (Å²) in [5, 5.41) is 15.9. The van der Waals surface area contributed by atoms with Crippen LogP contribution in [0.15, 0.2) is 0 Å². The van der Waals surface area contributed by atoms with Gasteiger partial charge in [0.1, 0.15) is 18.2 Å². The van der Waals surface area contributed by atoms with Crippen LogP contribution < -0.4 is 5.32 Å². The number of hydrogen-bond acceptors (Lipinski definition) is 4. The Morgan fingerprint density at radius 2 is 2.11 bits per heavy atom. The monoisotopic (exact) mass is 266 g/mol. The van der Waals surface area contributed by atoms with Crippen LogP contribution in [0, 0.1) is 19.3 Å². The Kier molecular flexibility index (Phi) is 3.55. The van der Waals surface area contributed by atoms with Gasteiger partial charge in [-0.3, -0.25) is 9.59 Å². The number of amides is 1. The molecule has 1 aromatic heterocycles. The summed E-state index contributed by atoms with van der Waals surface area (Å²) in [6.07, 6.45) is 2.16. The van der Waals surface area contributed by atoms with Gasteiger partial charge in [0, 0.05) is 6.54 Å². The topological polar surface area (TPSA) is 97.1 Å². The lowest BCUT2D eigenvalue weighted by atomic mass is 9.69. The minimum atomic E-state index is -0.827. The number of rotatable bonds is 5. The zero-order valence-electron chi connectivity index (χ0n) is 11.1. The predicted molar refractivity (Wildman–Crippen MR) is 66.4 cm³/mol. The molecule has 1 aromatic rings. The number of carbonyl (C=O) groups is 2. The zero-order chi connectivity index (χ0) is 14.0. The van der Waals surface area contributed by atoms with Gasteiger partial charge in [-0.15, -0.1) is 0 Å².